The molecule has 0 unspecified atom stereocenters. The largest absolute Gasteiger partial charge is 0.480 e. The van der Waals surface area contributed by atoms with Gasteiger partial charge in [0.05, 0.1) is 6.54 Å². The first kappa shape index (κ1) is 33.6. The molecule has 1 aromatic heterocycles. The van der Waals surface area contributed by atoms with Gasteiger partial charge >= 0.3 is 17.9 Å². The first-order valence-corrected chi connectivity index (χ1v) is 13.0. The van der Waals surface area contributed by atoms with Gasteiger partial charge in [-0.15, -0.1) is 0 Å². The van der Waals surface area contributed by atoms with Crippen LogP contribution >= 0.6 is 0 Å². The molecule has 1 heterocycles. The Morgan fingerprint density at radius 3 is 2.28 bits per heavy atom. The topological polar surface area (TPSA) is 166 Å². The first-order chi connectivity index (χ1) is 18.0. The van der Waals surface area contributed by atoms with Crippen molar-refractivity contribution in [1.29, 1.82) is 0 Å². The van der Waals surface area contributed by atoms with Crippen LogP contribution in [0.4, 0.5) is 0 Å². The van der Waals surface area contributed by atoms with E-state index in [0.29, 0.717) is 50.4 Å². The van der Waals surface area contributed by atoms with E-state index in [1.54, 1.807) is 48.8 Å². The first-order valence-electron chi connectivity index (χ1n) is 13.0. The fraction of sp³-hybridized carbons (Fsp3) is 0.630. The molecule has 0 spiro atoms. The normalized spacial score (nSPS) is 12.9. The van der Waals surface area contributed by atoms with Gasteiger partial charge in [-0.3, -0.25) is 19.3 Å². The molecule has 0 bridgehead atoms. The molecule has 1 atom stereocenters. The smallest absolute Gasteiger partial charge is 0.326 e. The SMILES string of the molecule is C=C(CN(CCCC[C@H](N)C(=O)O)Cc1nccn1CC(=O)OC(C)(C)C)N(/C=C\N)CC(=O)OC(C)(C)C. The summed E-state index contributed by atoms with van der Waals surface area (Å²) in [6.45, 7) is 16.2. The molecule has 0 aliphatic heterocycles. The van der Waals surface area contributed by atoms with Gasteiger partial charge in [0.15, 0.2) is 0 Å². The number of hydrogen-bond acceptors (Lipinski definition) is 10. The monoisotopic (exact) mass is 550 g/mol. The van der Waals surface area contributed by atoms with Crippen molar-refractivity contribution >= 4 is 17.9 Å². The highest BCUT2D eigenvalue weighted by atomic mass is 16.6. The van der Waals surface area contributed by atoms with Gasteiger partial charge in [0, 0.05) is 37.0 Å². The number of ether oxygens (including phenoxy) is 2. The van der Waals surface area contributed by atoms with E-state index in [1.807, 2.05) is 20.8 Å². The Labute approximate surface area is 231 Å². The Morgan fingerprint density at radius 1 is 1.10 bits per heavy atom. The van der Waals surface area contributed by atoms with Gasteiger partial charge < -0.3 is 35.5 Å². The number of rotatable bonds is 16. The molecule has 0 fully saturated rings. The fourth-order valence-electron chi connectivity index (χ4n) is 3.62. The molecule has 0 saturated carbocycles. The summed E-state index contributed by atoms with van der Waals surface area (Å²) in [5, 5.41) is 9.05. The second-order valence-electron chi connectivity index (χ2n) is 11.3. The molecular formula is C27H46N6O6. The summed E-state index contributed by atoms with van der Waals surface area (Å²) >= 11 is 0. The zero-order valence-corrected chi connectivity index (χ0v) is 24.2. The molecule has 1 aromatic rings. The minimum absolute atomic E-state index is 0.00946. The van der Waals surface area contributed by atoms with Crippen LogP contribution in [0.15, 0.2) is 37.1 Å². The quantitative estimate of drug-likeness (QED) is 0.204. The van der Waals surface area contributed by atoms with E-state index in [-0.39, 0.29) is 19.1 Å². The summed E-state index contributed by atoms with van der Waals surface area (Å²) in [7, 11) is 0. The van der Waals surface area contributed by atoms with Crippen LogP contribution in [0.1, 0.15) is 66.6 Å². The lowest BCUT2D eigenvalue weighted by Gasteiger charge is -2.29. The van der Waals surface area contributed by atoms with E-state index in [2.05, 4.69) is 16.5 Å². The predicted molar refractivity (Wildman–Crippen MR) is 148 cm³/mol. The van der Waals surface area contributed by atoms with Crippen molar-refractivity contribution in [2.75, 3.05) is 19.6 Å². The Hall–Kier alpha value is -3.38. The van der Waals surface area contributed by atoms with E-state index in [9.17, 15) is 14.4 Å². The zero-order valence-electron chi connectivity index (χ0n) is 24.2. The number of unbranched alkanes of at least 4 members (excludes halogenated alkanes) is 1. The molecule has 12 heteroatoms. The van der Waals surface area contributed by atoms with Crippen molar-refractivity contribution in [3.63, 3.8) is 0 Å². The van der Waals surface area contributed by atoms with E-state index in [1.165, 1.54) is 6.20 Å². The molecule has 0 amide bonds. The van der Waals surface area contributed by atoms with Crippen molar-refractivity contribution in [3.05, 3.63) is 42.9 Å². The second-order valence-corrected chi connectivity index (χ2v) is 11.3. The van der Waals surface area contributed by atoms with E-state index in [4.69, 9.17) is 26.0 Å². The Morgan fingerprint density at radius 2 is 1.72 bits per heavy atom. The van der Waals surface area contributed by atoms with Gasteiger partial charge in [-0.2, -0.15) is 0 Å². The summed E-state index contributed by atoms with van der Waals surface area (Å²) in [5.74, 6) is -1.19. The lowest BCUT2D eigenvalue weighted by molar-refractivity contribution is -0.156. The van der Waals surface area contributed by atoms with Crippen molar-refractivity contribution < 1.29 is 29.0 Å². The second kappa shape index (κ2) is 15.3. The van der Waals surface area contributed by atoms with Crippen molar-refractivity contribution in [3.8, 4) is 0 Å². The van der Waals surface area contributed by atoms with E-state index >= 15 is 0 Å². The van der Waals surface area contributed by atoms with Crippen molar-refractivity contribution in [1.82, 2.24) is 19.4 Å². The van der Waals surface area contributed by atoms with Gasteiger partial charge in [-0.1, -0.05) is 13.0 Å². The molecular weight excluding hydrogens is 504 g/mol. The van der Waals surface area contributed by atoms with Crippen LogP contribution < -0.4 is 11.5 Å². The Kier molecular flexibility index (Phi) is 13.2. The molecule has 0 radical (unpaired) electrons. The number of aliphatic carboxylic acids is 1. The molecule has 12 nitrogen and oxygen atoms in total. The molecule has 1 rings (SSSR count). The van der Waals surface area contributed by atoms with Crippen LogP contribution in [0.5, 0.6) is 0 Å². The summed E-state index contributed by atoms with van der Waals surface area (Å²) < 4.78 is 12.6. The van der Waals surface area contributed by atoms with Gasteiger partial charge in [0.25, 0.3) is 0 Å². The molecule has 39 heavy (non-hydrogen) atoms. The number of carbonyl (C=O) groups is 3. The number of aromatic nitrogens is 2. The number of esters is 2. The molecule has 0 aliphatic carbocycles. The van der Waals surface area contributed by atoms with Crippen molar-refractivity contribution in [2.24, 2.45) is 11.5 Å². The number of nitrogens with zero attached hydrogens (tertiary/aromatic N) is 4. The lowest BCUT2D eigenvalue weighted by Crippen LogP contribution is -2.36. The third kappa shape index (κ3) is 14.4. The minimum atomic E-state index is -1.03. The molecule has 0 saturated heterocycles. The van der Waals surface area contributed by atoms with Crippen LogP contribution in [0.25, 0.3) is 0 Å². The summed E-state index contributed by atoms with van der Waals surface area (Å²) in [6, 6.07) is -0.917. The van der Waals surface area contributed by atoms with Crippen LogP contribution in [0, 0.1) is 0 Å². The maximum absolute atomic E-state index is 12.5. The molecule has 220 valence electrons. The fourth-order valence-corrected chi connectivity index (χ4v) is 3.62. The molecule has 5 N–H and O–H groups in total. The summed E-state index contributed by atoms with van der Waals surface area (Å²) in [4.78, 5) is 44.0. The standard InChI is InChI=1S/C27H46N6O6/c1-20(32(14-11-28)18-23(34)38-26(2,3)4)16-31(13-9-8-10-21(29)25(36)37)17-22-30-12-15-33(22)19-24(35)39-27(5,6)7/h11-12,14-15,21H,1,8-10,13,16-19,28-29H2,2-7H3,(H,36,37)/b14-11-/t21-/m0/s1. The number of carbonyl (C=O) groups excluding carboxylic acids is 2. The zero-order chi connectivity index (χ0) is 29.8. The number of carboxylic acid groups (broad SMARTS) is 1. The van der Waals surface area contributed by atoms with Gasteiger partial charge in [-0.05, 0) is 60.9 Å². The van der Waals surface area contributed by atoms with E-state index in [0.717, 1.165) is 0 Å². The highest BCUT2D eigenvalue weighted by Gasteiger charge is 2.22. The Bertz CT molecular complexity index is 992. The van der Waals surface area contributed by atoms with E-state index < -0.39 is 29.2 Å². The minimum Gasteiger partial charge on any atom is -0.480 e. The summed E-state index contributed by atoms with van der Waals surface area (Å²) in [6.07, 6.45) is 7.82. The van der Waals surface area contributed by atoms with Crippen LogP contribution in [0.3, 0.4) is 0 Å². The van der Waals surface area contributed by atoms with Gasteiger partial charge in [0.1, 0.15) is 36.2 Å². The maximum atomic E-state index is 12.5. The third-order valence-electron chi connectivity index (χ3n) is 5.24. The molecule has 0 aliphatic rings. The Balaban J connectivity index is 3.01. The third-order valence-corrected chi connectivity index (χ3v) is 5.24. The van der Waals surface area contributed by atoms with Gasteiger partial charge in [0.2, 0.25) is 0 Å². The maximum Gasteiger partial charge on any atom is 0.326 e. The number of nitrogens with two attached hydrogens (primary N) is 2. The summed E-state index contributed by atoms with van der Waals surface area (Å²) in [5.41, 5.74) is 10.6. The van der Waals surface area contributed by atoms with Crippen LogP contribution in [-0.2, 0) is 36.9 Å². The van der Waals surface area contributed by atoms with Crippen molar-refractivity contribution in [2.45, 2.75) is 91.1 Å². The number of imidazole rings is 1. The van der Waals surface area contributed by atoms with Crippen LogP contribution in [0.2, 0.25) is 0 Å². The number of carboxylic acids is 1. The predicted octanol–water partition coefficient (Wildman–Crippen LogP) is 2.20. The van der Waals surface area contributed by atoms with Gasteiger partial charge in [-0.25, -0.2) is 4.98 Å². The molecule has 0 aromatic carbocycles. The lowest BCUT2D eigenvalue weighted by atomic mass is 10.1. The van der Waals surface area contributed by atoms with Crippen LogP contribution in [-0.4, -0.2) is 79.2 Å². The highest BCUT2D eigenvalue weighted by Crippen LogP contribution is 2.15. The number of hydrogen-bond donors (Lipinski definition) is 3. The average Bonchev–Trinajstić information content (AvgIpc) is 3.19. The highest BCUT2D eigenvalue weighted by molar-refractivity contribution is 5.73. The average molecular weight is 551 g/mol.